The van der Waals surface area contributed by atoms with Crippen molar-refractivity contribution in [1.29, 1.82) is 0 Å². The average molecular weight is 264 g/mol. The van der Waals surface area contributed by atoms with Crippen LogP contribution >= 0.6 is 0 Å². The van der Waals surface area contributed by atoms with E-state index < -0.39 is 17.4 Å². The molecule has 1 heterocycles. The Hall–Kier alpha value is -1.39. The minimum atomic E-state index is -0.908. The summed E-state index contributed by atoms with van der Waals surface area (Å²) in [6, 6.07) is -0.569. The molecule has 3 fully saturated rings. The Bertz CT molecular complexity index is 456. The van der Waals surface area contributed by atoms with Crippen LogP contribution in [0.4, 0.5) is 4.79 Å². The predicted molar refractivity (Wildman–Crippen MR) is 68.0 cm³/mol. The Balaban J connectivity index is 1.88. The first-order valence-electron chi connectivity index (χ1n) is 7.16. The van der Waals surface area contributed by atoms with Gasteiger partial charge in [0.15, 0.2) is 0 Å². The summed E-state index contributed by atoms with van der Waals surface area (Å²) in [7, 11) is 0. The minimum Gasteiger partial charge on any atom is -0.277 e. The van der Waals surface area contributed by atoms with E-state index in [9.17, 15) is 14.4 Å². The zero-order valence-electron chi connectivity index (χ0n) is 11.4. The minimum absolute atomic E-state index is 0.0539. The highest BCUT2D eigenvalue weighted by atomic mass is 16.2. The maximum absolute atomic E-state index is 12.5. The highest BCUT2D eigenvalue weighted by Gasteiger charge is 2.63. The maximum atomic E-state index is 12.5. The van der Waals surface area contributed by atoms with E-state index in [2.05, 4.69) is 19.2 Å². The van der Waals surface area contributed by atoms with Gasteiger partial charge >= 0.3 is 6.03 Å². The van der Waals surface area contributed by atoms with Crippen LogP contribution in [0.2, 0.25) is 0 Å². The summed E-state index contributed by atoms with van der Waals surface area (Å²) in [6.07, 6.45) is 4.20. The van der Waals surface area contributed by atoms with Crippen molar-refractivity contribution in [3.8, 4) is 0 Å². The molecule has 3 rings (SSSR count). The van der Waals surface area contributed by atoms with E-state index >= 15 is 0 Å². The van der Waals surface area contributed by atoms with Crippen molar-refractivity contribution in [1.82, 2.24) is 10.2 Å². The third kappa shape index (κ3) is 1.70. The normalized spacial score (nSPS) is 37.5. The van der Waals surface area contributed by atoms with E-state index in [1.807, 2.05) is 0 Å². The number of hydrogen-bond donors (Lipinski definition) is 1. The number of hydrogen-bond acceptors (Lipinski definition) is 3. The third-order valence-corrected chi connectivity index (χ3v) is 5.25. The molecule has 5 heteroatoms. The van der Waals surface area contributed by atoms with Crippen LogP contribution in [0.15, 0.2) is 0 Å². The van der Waals surface area contributed by atoms with Gasteiger partial charge in [0.05, 0.1) is 0 Å². The van der Waals surface area contributed by atoms with Gasteiger partial charge in [0, 0.05) is 6.04 Å². The molecule has 2 aliphatic carbocycles. The van der Waals surface area contributed by atoms with Crippen LogP contribution in [0, 0.1) is 17.3 Å². The van der Waals surface area contributed by atoms with E-state index in [-0.39, 0.29) is 11.9 Å². The summed E-state index contributed by atoms with van der Waals surface area (Å²) >= 11 is 0. The Labute approximate surface area is 112 Å². The second kappa shape index (κ2) is 4.05. The van der Waals surface area contributed by atoms with Gasteiger partial charge in [0.2, 0.25) is 11.8 Å². The first-order valence-corrected chi connectivity index (χ1v) is 7.16. The molecule has 104 valence electrons. The molecule has 3 atom stereocenters. The third-order valence-electron chi connectivity index (χ3n) is 5.25. The average Bonchev–Trinajstić information content (AvgIpc) is 3.14. The number of rotatable bonds is 1. The molecule has 0 aromatic rings. The Morgan fingerprint density at radius 1 is 1.16 bits per heavy atom. The molecule has 0 radical (unpaired) electrons. The fraction of sp³-hybridized carbons (Fsp3) is 0.786. The molecule has 0 bridgehead atoms. The zero-order valence-corrected chi connectivity index (χ0v) is 11.4. The van der Waals surface area contributed by atoms with Gasteiger partial charge in [-0.2, -0.15) is 0 Å². The lowest BCUT2D eigenvalue weighted by Crippen LogP contribution is -2.63. The first kappa shape index (κ1) is 12.6. The molecule has 0 aromatic heterocycles. The molecule has 19 heavy (non-hydrogen) atoms. The maximum Gasteiger partial charge on any atom is 0.331 e. The summed E-state index contributed by atoms with van der Waals surface area (Å²) < 4.78 is 0. The van der Waals surface area contributed by atoms with Gasteiger partial charge in [0.1, 0.15) is 5.41 Å². The Morgan fingerprint density at radius 2 is 1.84 bits per heavy atom. The molecule has 1 saturated heterocycles. The van der Waals surface area contributed by atoms with E-state index in [0.29, 0.717) is 24.7 Å². The van der Waals surface area contributed by atoms with Crippen LogP contribution in [0.1, 0.15) is 46.0 Å². The van der Waals surface area contributed by atoms with Crippen molar-refractivity contribution in [3.63, 3.8) is 0 Å². The summed E-state index contributed by atoms with van der Waals surface area (Å²) in [6.45, 7) is 4.27. The lowest BCUT2D eigenvalue weighted by Gasteiger charge is -2.43. The lowest BCUT2D eigenvalue weighted by molar-refractivity contribution is -0.147. The van der Waals surface area contributed by atoms with E-state index in [0.717, 1.165) is 19.3 Å². The second-order valence-corrected chi connectivity index (χ2v) is 6.35. The van der Waals surface area contributed by atoms with Gasteiger partial charge in [-0.15, -0.1) is 0 Å². The number of nitrogens with zero attached hydrogens (tertiary/aromatic N) is 1. The lowest BCUT2D eigenvalue weighted by atomic mass is 9.77. The van der Waals surface area contributed by atoms with Gasteiger partial charge in [-0.3, -0.25) is 19.8 Å². The standard InChI is InChI=1S/C14H20N2O3/c1-8-4-3-5-10(9(8)2)16-12(18)14(6-7-14)11(17)15-13(16)19/h8-10H,3-7H2,1-2H3,(H,15,17,19). The molecular formula is C14H20N2O3. The van der Waals surface area contributed by atoms with Gasteiger partial charge < -0.3 is 0 Å². The number of barbiturate groups is 1. The summed E-state index contributed by atoms with van der Waals surface area (Å²) in [4.78, 5) is 37.7. The monoisotopic (exact) mass is 264 g/mol. The van der Waals surface area contributed by atoms with Gasteiger partial charge in [-0.05, 0) is 31.1 Å². The fourth-order valence-electron chi connectivity index (χ4n) is 3.48. The SMILES string of the molecule is CC1CCCC(N2C(=O)NC(=O)C3(CC3)C2=O)C1C. The number of urea groups is 1. The summed E-state index contributed by atoms with van der Waals surface area (Å²) in [5.74, 6) is 0.155. The molecule has 4 amide bonds. The molecule has 2 saturated carbocycles. The molecule has 1 spiro atoms. The van der Waals surface area contributed by atoms with Crippen LogP contribution in [0.3, 0.4) is 0 Å². The molecule has 1 N–H and O–H groups in total. The van der Waals surface area contributed by atoms with Gasteiger partial charge in [-0.1, -0.05) is 26.7 Å². The van der Waals surface area contributed by atoms with E-state index in [4.69, 9.17) is 0 Å². The molecule has 0 aromatic carbocycles. The van der Waals surface area contributed by atoms with E-state index in [1.165, 1.54) is 4.90 Å². The van der Waals surface area contributed by atoms with Crippen LogP contribution in [0.25, 0.3) is 0 Å². The van der Waals surface area contributed by atoms with Crippen LogP contribution in [0.5, 0.6) is 0 Å². The number of nitrogens with one attached hydrogen (secondary N) is 1. The van der Waals surface area contributed by atoms with Gasteiger partial charge in [0.25, 0.3) is 0 Å². The molecular weight excluding hydrogens is 244 g/mol. The van der Waals surface area contributed by atoms with Gasteiger partial charge in [-0.25, -0.2) is 4.79 Å². The van der Waals surface area contributed by atoms with Crippen molar-refractivity contribution in [3.05, 3.63) is 0 Å². The van der Waals surface area contributed by atoms with Crippen molar-refractivity contribution < 1.29 is 14.4 Å². The Morgan fingerprint density at radius 3 is 2.47 bits per heavy atom. The fourth-order valence-corrected chi connectivity index (χ4v) is 3.48. The molecule has 5 nitrogen and oxygen atoms in total. The summed E-state index contributed by atoms with van der Waals surface area (Å²) in [5, 5.41) is 2.37. The number of carbonyl (C=O) groups excluding carboxylic acids is 3. The van der Waals surface area contributed by atoms with E-state index in [1.54, 1.807) is 0 Å². The van der Waals surface area contributed by atoms with Crippen molar-refractivity contribution in [2.24, 2.45) is 17.3 Å². The predicted octanol–water partition coefficient (Wildman–Crippen LogP) is 1.67. The van der Waals surface area contributed by atoms with Crippen LogP contribution < -0.4 is 5.32 Å². The van der Waals surface area contributed by atoms with Crippen molar-refractivity contribution in [2.75, 3.05) is 0 Å². The van der Waals surface area contributed by atoms with Crippen LogP contribution in [-0.2, 0) is 9.59 Å². The Kier molecular flexibility index (Phi) is 2.69. The molecule has 3 unspecified atom stereocenters. The number of imide groups is 2. The quantitative estimate of drug-likeness (QED) is 0.733. The molecule has 3 aliphatic rings. The number of carbonyl (C=O) groups is 3. The second-order valence-electron chi connectivity index (χ2n) is 6.35. The first-order chi connectivity index (χ1) is 8.97. The topological polar surface area (TPSA) is 66.5 Å². The molecule has 1 aliphatic heterocycles. The van der Waals surface area contributed by atoms with Crippen LogP contribution in [-0.4, -0.2) is 28.8 Å². The smallest absolute Gasteiger partial charge is 0.277 e. The zero-order chi connectivity index (χ0) is 13.8. The largest absolute Gasteiger partial charge is 0.331 e. The van der Waals surface area contributed by atoms with Crippen molar-refractivity contribution >= 4 is 17.8 Å². The highest BCUT2D eigenvalue weighted by Crippen LogP contribution is 2.50. The highest BCUT2D eigenvalue weighted by molar-refractivity contribution is 6.21. The number of amides is 4. The summed E-state index contributed by atoms with van der Waals surface area (Å²) in [5.41, 5.74) is -0.908. The van der Waals surface area contributed by atoms with Crippen molar-refractivity contribution in [2.45, 2.75) is 52.0 Å².